The molecular weight excluding hydrogens is 362 g/mol. The average Bonchev–Trinajstić information content (AvgIpc) is 3.25. The van der Waals surface area contributed by atoms with Crippen molar-refractivity contribution in [3.8, 4) is 5.75 Å². The molecule has 4 nitrogen and oxygen atoms in total. The van der Waals surface area contributed by atoms with Crippen LogP contribution >= 0.6 is 23.6 Å². The lowest BCUT2D eigenvalue weighted by Gasteiger charge is -2.27. The van der Waals surface area contributed by atoms with Crippen molar-refractivity contribution in [2.24, 2.45) is 0 Å². The number of thiocarbonyl (C=S) groups is 1. The number of anilines is 1. The zero-order chi connectivity index (χ0) is 18.1. The highest BCUT2D eigenvalue weighted by molar-refractivity contribution is 7.80. The van der Waals surface area contributed by atoms with Gasteiger partial charge in [0.2, 0.25) is 0 Å². The first kappa shape index (κ1) is 17.0. The van der Waals surface area contributed by atoms with Crippen LogP contribution in [0.3, 0.4) is 0 Å². The molecule has 6 heteroatoms. The number of thiophene rings is 1. The molecule has 0 radical (unpaired) electrons. The van der Waals surface area contributed by atoms with Gasteiger partial charge in [0, 0.05) is 16.8 Å². The van der Waals surface area contributed by atoms with Gasteiger partial charge in [-0.15, -0.1) is 11.3 Å². The van der Waals surface area contributed by atoms with Gasteiger partial charge in [-0.2, -0.15) is 0 Å². The Morgan fingerprint density at radius 3 is 2.58 bits per heavy atom. The number of hydrogen-bond acceptors (Lipinski definition) is 4. The minimum atomic E-state index is 0.00292. The molecule has 1 N–H and O–H groups in total. The van der Waals surface area contributed by atoms with Crippen molar-refractivity contribution in [2.75, 3.05) is 12.0 Å². The van der Waals surface area contributed by atoms with E-state index in [1.165, 1.54) is 10.4 Å². The van der Waals surface area contributed by atoms with Gasteiger partial charge in [0.1, 0.15) is 5.75 Å². The van der Waals surface area contributed by atoms with E-state index in [1.807, 2.05) is 48.7 Å². The van der Waals surface area contributed by atoms with Crippen LogP contribution in [-0.2, 0) is 0 Å². The van der Waals surface area contributed by atoms with E-state index in [9.17, 15) is 0 Å². The number of rotatable bonds is 4. The van der Waals surface area contributed by atoms with Crippen molar-refractivity contribution in [1.82, 2.24) is 10.3 Å². The zero-order valence-electron chi connectivity index (χ0n) is 14.5. The molecule has 1 aromatic carbocycles. The van der Waals surface area contributed by atoms with E-state index in [0.717, 1.165) is 17.1 Å². The van der Waals surface area contributed by atoms with Crippen LogP contribution in [0.15, 0.2) is 60.1 Å². The van der Waals surface area contributed by atoms with Gasteiger partial charge in [0.05, 0.1) is 24.9 Å². The lowest BCUT2D eigenvalue weighted by atomic mass is 10.0. The lowest BCUT2D eigenvalue weighted by Crippen LogP contribution is -2.29. The van der Waals surface area contributed by atoms with E-state index < -0.39 is 0 Å². The summed E-state index contributed by atoms with van der Waals surface area (Å²) in [5.74, 6) is 0.831. The maximum Gasteiger partial charge on any atom is 0.174 e. The Morgan fingerprint density at radius 1 is 1.15 bits per heavy atom. The SMILES string of the molecule is COc1ccc(N2C(=S)N[C@@H](c3ccccn3)[C@@H]2c2sccc2C)cc1. The van der Waals surface area contributed by atoms with Crippen LogP contribution in [0.2, 0.25) is 0 Å². The number of aryl methyl sites for hydroxylation is 1. The average molecular weight is 382 g/mol. The predicted molar refractivity (Wildman–Crippen MR) is 110 cm³/mol. The topological polar surface area (TPSA) is 37.4 Å². The van der Waals surface area contributed by atoms with E-state index in [-0.39, 0.29) is 12.1 Å². The van der Waals surface area contributed by atoms with Gasteiger partial charge in [0.25, 0.3) is 0 Å². The molecular formula is C20H19N3OS2. The third-order valence-corrected chi connectivity index (χ3v) is 6.02. The molecule has 4 rings (SSSR count). The zero-order valence-corrected chi connectivity index (χ0v) is 16.2. The number of nitrogens with one attached hydrogen (secondary N) is 1. The number of hydrogen-bond donors (Lipinski definition) is 1. The third-order valence-electron chi connectivity index (χ3n) is 4.62. The Bertz CT molecular complexity index is 908. The summed E-state index contributed by atoms with van der Waals surface area (Å²) in [5, 5.41) is 6.33. The minimum Gasteiger partial charge on any atom is -0.497 e. The normalized spacial score (nSPS) is 19.5. The number of pyridine rings is 1. The molecule has 3 heterocycles. The predicted octanol–water partition coefficient (Wildman–Crippen LogP) is 4.64. The first-order valence-corrected chi connectivity index (χ1v) is 9.66. The van der Waals surface area contributed by atoms with Gasteiger partial charge in [0.15, 0.2) is 5.11 Å². The van der Waals surface area contributed by atoms with Crippen LogP contribution in [0.25, 0.3) is 0 Å². The van der Waals surface area contributed by atoms with Crippen molar-refractivity contribution < 1.29 is 4.74 Å². The standard InChI is InChI=1S/C20H19N3OS2/c1-13-10-12-26-19(13)18-17(16-5-3-4-11-21-16)22-20(25)23(18)14-6-8-15(24-2)9-7-14/h3-12,17-18H,1-2H3,(H,22,25)/t17-,18+/m0/s1. The van der Waals surface area contributed by atoms with Crippen molar-refractivity contribution in [3.63, 3.8) is 0 Å². The Hall–Kier alpha value is -2.44. The number of ether oxygens (including phenoxy) is 1. The van der Waals surface area contributed by atoms with Crippen LogP contribution in [0.4, 0.5) is 5.69 Å². The van der Waals surface area contributed by atoms with E-state index >= 15 is 0 Å². The number of methoxy groups -OCH3 is 1. The Kier molecular flexibility index (Phi) is 4.61. The second-order valence-electron chi connectivity index (χ2n) is 6.16. The van der Waals surface area contributed by atoms with Gasteiger partial charge in [-0.25, -0.2) is 0 Å². The number of nitrogens with zero attached hydrogens (tertiary/aromatic N) is 2. The van der Waals surface area contributed by atoms with Crippen molar-refractivity contribution in [1.29, 1.82) is 0 Å². The maximum absolute atomic E-state index is 5.72. The summed E-state index contributed by atoms with van der Waals surface area (Å²) < 4.78 is 5.29. The molecule has 2 aromatic heterocycles. The van der Waals surface area contributed by atoms with Crippen LogP contribution in [-0.4, -0.2) is 17.2 Å². The molecule has 26 heavy (non-hydrogen) atoms. The van der Waals surface area contributed by atoms with Crippen LogP contribution < -0.4 is 15.0 Å². The lowest BCUT2D eigenvalue weighted by molar-refractivity contribution is 0.415. The van der Waals surface area contributed by atoms with Gasteiger partial charge in [-0.1, -0.05) is 6.07 Å². The Morgan fingerprint density at radius 2 is 1.96 bits per heavy atom. The monoisotopic (exact) mass is 381 g/mol. The number of aromatic nitrogens is 1. The first-order chi connectivity index (χ1) is 12.7. The third kappa shape index (κ3) is 2.95. The van der Waals surface area contributed by atoms with Gasteiger partial charge >= 0.3 is 0 Å². The quantitative estimate of drug-likeness (QED) is 0.667. The largest absolute Gasteiger partial charge is 0.497 e. The molecule has 0 unspecified atom stereocenters. The van der Waals surface area contributed by atoms with Crippen molar-refractivity contribution in [2.45, 2.75) is 19.0 Å². The fourth-order valence-electron chi connectivity index (χ4n) is 3.33. The summed E-state index contributed by atoms with van der Waals surface area (Å²) in [6.07, 6.45) is 1.83. The molecule has 0 amide bonds. The fraction of sp³-hybridized carbons (Fsp3) is 0.200. The smallest absolute Gasteiger partial charge is 0.174 e. The Balaban J connectivity index is 1.81. The molecule has 0 spiro atoms. The fourth-order valence-corrected chi connectivity index (χ4v) is 4.73. The first-order valence-electron chi connectivity index (χ1n) is 8.37. The molecule has 0 saturated carbocycles. The molecule has 3 aromatic rings. The van der Waals surface area contributed by atoms with E-state index in [2.05, 4.69) is 33.6 Å². The highest BCUT2D eigenvalue weighted by atomic mass is 32.1. The van der Waals surface area contributed by atoms with E-state index in [4.69, 9.17) is 17.0 Å². The van der Waals surface area contributed by atoms with Gasteiger partial charge in [-0.3, -0.25) is 4.98 Å². The molecule has 1 saturated heterocycles. The summed E-state index contributed by atoms with van der Waals surface area (Å²) in [6.45, 7) is 2.15. The highest BCUT2D eigenvalue weighted by Crippen LogP contribution is 2.44. The molecule has 1 aliphatic heterocycles. The highest BCUT2D eigenvalue weighted by Gasteiger charge is 2.41. The molecule has 1 fully saturated rings. The molecule has 0 bridgehead atoms. The molecule has 2 atom stereocenters. The second kappa shape index (κ2) is 7.05. The Labute approximate surface area is 162 Å². The summed E-state index contributed by atoms with van der Waals surface area (Å²) >= 11 is 7.48. The van der Waals surface area contributed by atoms with Gasteiger partial charge < -0.3 is 15.0 Å². The summed E-state index contributed by atoms with van der Waals surface area (Å²) in [5.41, 5.74) is 3.30. The van der Waals surface area contributed by atoms with E-state index in [1.54, 1.807) is 18.4 Å². The van der Waals surface area contributed by atoms with Gasteiger partial charge in [-0.05, 0) is 72.5 Å². The van der Waals surface area contributed by atoms with Crippen molar-refractivity contribution in [3.05, 3.63) is 76.2 Å². The van der Waals surface area contributed by atoms with E-state index in [0.29, 0.717) is 5.11 Å². The minimum absolute atomic E-state index is 0.00292. The summed E-state index contributed by atoms with van der Waals surface area (Å²) in [6, 6.07) is 16.2. The van der Waals surface area contributed by atoms with Crippen LogP contribution in [0, 0.1) is 6.92 Å². The van der Waals surface area contributed by atoms with Crippen molar-refractivity contribution >= 4 is 34.4 Å². The summed E-state index contributed by atoms with van der Waals surface area (Å²) in [7, 11) is 1.67. The maximum atomic E-state index is 5.72. The molecule has 1 aliphatic rings. The molecule has 132 valence electrons. The summed E-state index contributed by atoms with van der Waals surface area (Å²) in [4.78, 5) is 8.06. The molecule has 0 aliphatic carbocycles. The number of benzene rings is 1. The second-order valence-corrected chi connectivity index (χ2v) is 7.50. The van der Waals surface area contributed by atoms with Crippen LogP contribution in [0.5, 0.6) is 5.75 Å². The van der Waals surface area contributed by atoms with Crippen LogP contribution in [0.1, 0.15) is 28.2 Å².